The van der Waals surface area contributed by atoms with Crippen molar-refractivity contribution < 1.29 is 9.21 Å². The van der Waals surface area contributed by atoms with Crippen molar-refractivity contribution in [2.45, 2.75) is 26.2 Å². The van der Waals surface area contributed by atoms with Crippen molar-refractivity contribution in [2.75, 3.05) is 5.32 Å². The van der Waals surface area contributed by atoms with E-state index in [1.807, 2.05) is 24.3 Å². The first-order chi connectivity index (χ1) is 14.3. The molecule has 0 spiro atoms. The fraction of sp³-hybridized carbons (Fsp3) is 0.160. The van der Waals surface area contributed by atoms with E-state index in [0.29, 0.717) is 28.0 Å². The predicted octanol–water partition coefficient (Wildman–Crippen LogP) is 5.40. The molecule has 4 rings (SSSR count). The van der Waals surface area contributed by atoms with Crippen molar-refractivity contribution in [3.05, 3.63) is 94.4 Å². The van der Waals surface area contributed by atoms with Crippen molar-refractivity contribution in [1.82, 2.24) is 4.98 Å². The van der Waals surface area contributed by atoms with Crippen LogP contribution in [0.5, 0.6) is 0 Å². The number of fused-ring (bicyclic) bond motifs is 1. The summed E-state index contributed by atoms with van der Waals surface area (Å²) in [4.78, 5) is 28.9. The smallest absolute Gasteiger partial charge is 0.255 e. The SMILES string of the molecule is CC(C)(C)c1ccc(-c2cc(=O)c3ccc(NC(=O)c4ccncc4)cc3o2)cc1. The molecule has 0 fully saturated rings. The van der Waals surface area contributed by atoms with Gasteiger partial charge in [-0.15, -0.1) is 0 Å². The molecule has 4 aromatic rings. The fourth-order valence-electron chi connectivity index (χ4n) is 3.22. The molecule has 0 aliphatic heterocycles. The van der Waals surface area contributed by atoms with E-state index in [4.69, 9.17) is 4.42 Å². The normalized spacial score (nSPS) is 11.4. The number of rotatable bonds is 3. The van der Waals surface area contributed by atoms with Crippen LogP contribution in [0, 0.1) is 0 Å². The Morgan fingerprint density at radius 2 is 1.63 bits per heavy atom. The summed E-state index contributed by atoms with van der Waals surface area (Å²) in [6.45, 7) is 6.46. The number of aromatic nitrogens is 1. The molecule has 0 saturated carbocycles. The third-order valence-electron chi connectivity index (χ3n) is 4.96. The summed E-state index contributed by atoms with van der Waals surface area (Å²) in [5.41, 5.74) is 3.42. The minimum atomic E-state index is -0.256. The van der Waals surface area contributed by atoms with Crippen molar-refractivity contribution in [3.8, 4) is 11.3 Å². The topological polar surface area (TPSA) is 72.2 Å². The van der Waals surface area contributed by atoms with Crippen LogP contribution in [0.3, 0.4) is 0 Å². The molecule has 2 aromatic heterocycles. The van der Waals surface area contributed by atoms with Crippen LogP contribution in [0.1, 0.15) is 36.7 Å². The first kappa shape index (κ1) is 19.6. The summed E-state index contributed by atoms with van der Waals surface area (Å²) in [5, 5.41) is 3.29. The van der Waals surface area contributed by atoms with E-state index in [-0.39, 0.29) is 16.8 Å². The molecule has 0 bridgehead atoms. The number of hydrogen-bond donors (Lipinski definition) is 1. The third-order valence-corrected chi connectivity index (χ3v) is 4.96. The van der Waals surface area contributed by atoms with Crippen LogP contribution in [0.15, 0.2) is 82.3 Å². The lowest BCUT2D eigenvalue weighted by Gasteiger charge is -2.19. The number of benzene rings is 2. The van der Waals surface area contributed by atoms with E-state index in [1.165, 1.54) is 11.6 Å². The molecular weight excluding hydrogens is 376 g/mol. The molecule has 0 aliphatic carbocycles. The van der Waals surface area contributed by atoms with Crippen LogP contribution < -0.4 is 10.7 Å². The maximum atomic E-state index is 12.6. The van der Waals surface area contributed by atoms with E-state index in [1.54, 1.807) is 42.7 Å². The number of pyridine rings is 1. The Bertz CT molecular complexity index is 1270. The molecule has 5 heteroatoms. The summed E-state index contributed by atoms with van der Waals surface area (Å²) in [7, 11) is 0. The highest BCUT2D eigenvalue weighted by molar-refractivity contribution is 6.04. The molecule has 1 amide bonds. The molecule has 0 radical (unpaired) electrons. The third kappa shape index (κ3) is 4.01. The first-order valence-electron chi connectivity index (χ1n) is 9.71. The van der Waals surface area contributed by atoms with Gasteiger partial charge in [0.15, 0.2) is 5.43 Å². The number of carbonyl (C=O) groups excluding carboxylic acids is 1. The Kier molecular flexibility index (Phi) is 4.96. The van der Waals surface area contributed by atoms with Gasteiger partial charge < -0.3 is 9.73 Å². The van der Waals surface area contributed by atoms with Crippen molar-refractivity contribution in [1.29, 1.82) is 0 Å². The summed E-state index contributed by atoms with van der Waals surface area (Å²) in [6.07, 6.45) is 3.12. The van der Waals surface area contributed by atoms with E-state index in [9.17, 15) is 9.59 Å². The number of carbonyl (C=O) groups is 1. The fourth-order valence-corrected chi connectivity index (χ4v) is 3.22. The minimum Gasteiger partial charge on any atom is -0.456 e. The van der Waals surface area contributed by atoms with Crippen LogP contribution in [-0.4, -0.2) is 10.9 Å². The average Bonchev–Trinajstić information content (AvgIpc) is 2.73. The Morgan fingerprint density at radius 3 is 2.30 bits per heavy atom. The molecule has 2 heterocycles. The van der Waals surface area contributed by atoms with Gasteiger partial charge in [0, 0.05) is 41.3 Å². The largest absolute Gasteiger partial charge is 0.456 e. The maximum Gasteiger partial charge on any atom is 0.255 e. The standard InChI is InChI=1S/C25H22N2O3/c1-25(2,3)18-6-4-16(5-7-18)22-15-21(28)20-9-8-19(14-23(20)30-22)27-24(29)17-10-12-26-13-11-17/h4-15H,1-3H3,(H,27,29). The number of amides is 1. The summed E-state index contributed by atoms with van der Waals surface area (Å²) < 4.78 is 6.02. The van der Waals surface area contributed by atoms with E-state index in [2.05, 4.69) is 31.1 Å². The number of nitrogens with zero attached hydrogens (tertiary/aromatic N) is 1. The van der Waals surface area contributed by atoms with Gasteiger partial charge in [-0.25, -0.2) is 0 Å². The molecular formula is C25H22N2O3. The molecule has 30 heavy (non-hydrogen) atoms. The summed E-state index contributed by atoms with van der Waals surface area (Å²) in [6, 6.07) is 17.8. The van der Waals surface area contributed by atoms with Gasteiger partial charge in [0.25, 0.3) is 5.91 Å². The monoisotopic (exact) mass is 398 g/mol. The zero-order valence-electron chi connectivity index (χ0n) is 17.1. The lowest BCUT2D eigenvalue weighted by Crippen LogP contribution is -2.12. The van der Waals surface area contributed by atoms with E-state index < -0.39 is 0 Å². The van der Waals surface area contributed by atoms with Crippen LogP contribution in [0.2, 0.25) is 0 Å². The van der Waals surface area contributed by atoms with Crippen LogP contribution in [-0.2, 0) is 5.41 Å². The van der Waals surface area contributed by atoms with Crippen molar-refractivity contribution in [3.63, 3.8) is 0 Å². The highest BCUT2D eigenvalue weighted by atomic mass is 16.3. The molecule has 1 N–H and O–H groups in total. The highest BCUT2D eigenvalue weighted by Crippen LogP contribution is 2.28. The molecule has 0 unspecified atom stereocenters. The van der Waals surface area contributed by atoms with Gasteiger partial charge in [0.2, 0.25) is 0 Å². The second-order valence-electron chi connectivity index (χ2n) is 8.20. The Labute approximate surface area is 174 Å². The van der Waals surface area contributed by atoms with Crippen LogP contribution in [0.25, 0.3) is 22.3 Å². The molecule has 0 aliphatic rings. The molecule has 0 atom stereocenters. The van der Waals surface area contributed by atoms with Gasteiger partial charge in [0.05, 0.1) is 5.39 Å². The Hall–Kier alpha value is -3.73. The van der Waals surface area contributed by atoms with Crippen molar-refractivity contribution >= 4 is 22.6 Å². The van der Waals surface area contributed by atoms with Gasteiger partial charge in [0.1, 0.15) is 11.3 Å². The molecule has 0 saturated heterocycles. The predicted molar refractivity (Wildman–Crippen MR) is 119 cm³/mol. The van der Waals surface area contributed by atoms with Gasteiger partial charge in [-0.05, 0) is 35.2 Å². The molecule has 150 valence electrons. The zero-order chi connectivity index (χ0) is 21.3. The van der Waals surface area contributed by atoms with Crippen LogP contribution >= 0.6 is 0 Å². The van der Waals surface area contributed by atoms with Crippen molar-refractivity contribution in [2.24, 2.45) is 0 Å². The van der Waals surface area contributed by atoms with Gasteiger partial charge in [-0.1, -0.05) is 45.0 Å². The number of nitrogens with one attached hydrogen (secondary N) is 1. The Balaban J connectivity index is 1.68. The van der Waals surface area contributed by atoms with E-state index in [0.717, 1.165) is 5.56 Å². The molecule has 5 nitrogen and oxygen atoms in total. The van der Waals surface area contributed by atoms with E-state index >= 15 is 0 Å². The second kappa shape index (κ2) is 7.59. The van der Waals surface area contributed by atoms with Crippen LogP contribution in [0.4, 0.5) is 5.69 Å². The quantitative estimate of drug-likeness (QED) is 0.501. The maximum absolute atomic E-state index is 12.6. The zero-order valence-corrected chi connectivity index (χ0v) is 17.1. The Morgan fingerprint density at radius 1 is 0.933 bits per heavy atom. The molecule has 2 aromatic carbocycles. The van der Waals surface area contributed by atoms with Gasteiger partial charge in [-0.2, -0.15) is 0 Å². The average molecular weight is 398 g/mol. The lowest BCUT2D eigenvalue weighted by molar-refractivity contribution is 0.102. The second-order valence-corrected chi connectivity index (χ2v) is 8.20. The lowest BCUT2D eigenvalue weighted by atomic mass is 9.86. The van der Waals surface area contributed by atoms with Gasteiger partial charge >= 0.3 is 0 Å². The summed E-state index contributed by atoms with van der Waals surface area (Å²) >= 11 is 0. The number of hydrogen-bond acceptors (Lipinski definition) is 4. The minimum absolute atomic E-state index is 0.0463. The summed E-state index contributed by atoms with van der Waals surface area (Å²) in [5.74, 6) is 0.235. The highest BCUT2D eigenvalue weighted by Gasteiger charge is 2.14. The number of anilines is 1. The van der Waals surface area contributed by atoms with Gasteiger partial charge in [-0.3, -0.25) is 14.6 Å². The first-order valence-corrected chi connectivity index (χ1v) is 9.71.